The fourth-order valence-corrected chi connectivity index (χ4v) is 11.2. The van der Waals surface area contributed by atoms with Crippen LogP contribution in [0, 0.1) is 0 Å². The van der Waals surface area contributed by atoms with Gasteiger partial charge in [0.15, 0.2) is 0 Å². The van der Waals surface area contributed by atoms with Crippen LogP contribution in [0.1, 0.15) is 60.8 Å². The monoisotopic (exact) mass is 1040 g/mol. The highest BCUT2D eigenvalue weighted by atomic mass is 16.3. The highest BCUT2D eigenvalue weighted by molar-refractivity contribution is 5.97. The first-order valence-electron chi connectivity index (χ1n) is 25.8. The molecule has 8 amide bonds. The van der Waals surface area contributed by atoms with Crippen molar-refractivity contribution in [1.82, 2.24) is 41.7 Å². The molecule has 4 aromatic carbocycles. The van der Waals surface area contributed by atoms with Crippen molar-refractivity contribution in [2.75, 3.05) is 49.9 Å². The minimum absolute atomic E-state index is 0.0662. The Morgan fingerprint density at radius 1 is 0.539 bits per heavy atom. The summed E-state index contributed by atoms with van der Waals surface area (Å²) < 4.78 is 0. The van der Waals surface area contributed by atoms with E-state index in [1.807, 2.05) is 84.9 Å². The first-order chi connectivity index (χ1) is 36.6. The third-order valence-electron chi connectivity index (χ3n) is 14.7. The van der Waals surface area contributed by atoms with Gasteiger partial charge in [0.1, 0.15) is 36.3 Å². The van der Waals surface area contributed by atoms with Crippen molar-refractivity contribution in [2.24, 2.45) is 11.5 Å². The summed E-state index contributed by atoms with van der Waals surface area (Å²) in [6.07, 6.45) is -0.223. The molecule has 4 heterocycles. The highest BCUT2D eigenvalue weighted by Crippen LogP contribution is 2.44. The largest absolute Gasteiger partial charge is 0.389 e. The van der Waals surface area contributed by atoms with E-state index in [0.29, 0.717) is 12.8 Å². The van der Waals surface area contributed by atoms with Gasteiger partial charge in [0.25, 0.3) is 0 Å². The second-order valence-corrected chi connectivity index (χ2v) is 19.9. The number of fused-ring (bicyclic) bond motifs is 6. The van der Waals surface area contributed by atoms with Crippen LogP contribution in [-0.2, 0) is 51.2 Å². The van der Waals surface area contributed by atoms with Crippen LogP contribution < -0.4 is 54.0 Å². The molecule has 0 saturated carbocycles. The Labute approximate surface area is 441 Å². The van der Waals surface area contributed by atoms with Crippen molar-refractivity contribution in [3.8, 4) is 0 Å². The third-order valence-corrected chi connectivity index (χ3v) is 14.7. The number of amides is 8. The molecule has 76 heavy (non-hydrogen) atoms. The van der Waals surface area contributed by atoms with Crippen LogP contribution in [0.4, 0.5) is 11.4 Å². The van der Waals surface area contributed by atoms with Crippen molar-refractivity contribution >= 4 is 58.6 Å². The minimum Gasteiger partial charge on any atom is -0.389 e. The molecule has 0 spiro atoms. The molecule has 0 bridgehead atoms. The SMILES string of the molecule is CC(=O)N[C@H](CN)C(=O)N[C@@H](Cc1ccccc1)C(=O)N1CCC2c3ccccc3NC2[C@H]1C(=O)NCC(O)CNC(=O)[C@H]1C2Nc3ccccc3C2CCN1C(=O)[C@H](Cc1ccccc1)NC(=O)[C@@H](CN)NC(C)=O. The highest BCUT2D eigenvalue weighted by Gasteiger charge is 2.51. The molecule has 21 heteroatoms. The Morgan fingerprint density at radius 2 is 0.908 bits per heavy atom. The molecular formula is C55H68N12O9. The molecule has 402 valence electrons. The average molecular weight is 1040 g/mol. The Bertz CT molecular complexity index is 2580. The maximum atomic E-state index is 14.9. The number of nitrogens with zero attached hydrogens (tertiary/aromatic N) is 2. The second-order valence-electron chi connectivity index (χ2n) is 19.9. The zero-order valence-corrected chi connectivity index (χ0v) is 42.6. The molecule has 0 radical (unpaired) electrons. The van der Waals surface area contributed by atoms with Crippen molar-refractivity contribution < 1.29 is 43.5 Å². The molecule has 4 aliphatic heterocycles. The molecule has 0 aromatic heterocycles. The number of anilines is 2. The number of nitrogens with two attached hydrogens (primary N) is 2. The zero-order valence-electron chi connectivity index (χ0n) is 42.6. The van der Waals surface area contributed by atoms with E-state index in [4.69, 9.17) is 11.5 Å². The molecule has 5 unspecified atom stereocenters. The first-order valence-corrected chi connectivity index (χ1v) is 25.8. The van der Waals surface area contributed by atoms with Gasteiger partial charge in [0.05, 0.1) is 18.2 Å². The summed E-state index contributed by atoms with van der Waals surface area (Å²) in [5, 5.41) is 34.8. The van der Waals surface area contributed by atoms with E-state index >= 15 is 0 Å². The van der Waals surface area contributed by atoms with Crippen LogP contribution in [0.3, 0.4) is 0 Å². The normalized spacial score (nSPS) is 21.9. The van der Waals surface area contributed by atoms with Gasteiger partial charge in [-0.2, -0.15) is 0 Å². The van der Waals surface area contributed by atoms with E-state index in [1.165, 1.54) is 23.6 Å². The van der Waals surface area contributed by atoms with Gasteiger partial charge >= 0.3 is 0 Å². The van der Waals surface area contributed by atoms with Crippen LogP contribution >= 0.6 is 0 Å². The number of nitrogens with one attached hydrogen (secondary N) is 8. The predicted molar refractivity (Wildman–Crippen MR) is 283 cm³/mol. The van der Waals surface area contributed by atoms with Gasteiger partial charge in [-0.25, -0.2) is 0 Å². The molecule has 0 aliphatic carbocycles. The molecular weight excluding hydrogens is 973 g/mol. The first kappa shape index (κ1) is 54.4. The summed E-state index contributed by atoms with van der Waals surface area (Å²) in [5.41, 5.74) is 16.8. The van der Waals surface area contributed by atoms with Gasteiger partial charge < -0.3 is 68.9 Å². The van der Waals surface area contributed by atoms with Crippen LogP contribution in [0.15, 0.2) is 109 Å². The number of hydrogen-bond acceptors (Lipinski definition) is 13. The van der Waals surface area contributed by atoms with Gasteiger partial charge in [-0.1, -0.05) is 97.1 Å². The number of carbonyl (C=O) groups is 8. The minimum atomic E-state index is -1.35. The van der Waals surface area contributed by atoms with Crippen molar-refractivity contribution in [1.29, 1.82) is 0 Å². The van der Waals surface area contributed by atoms with Gasteiger partial charge in [-0.3, -0.25) is 38.4 Å². The Hall–Kier alpha value is -7.88. The van der Waals surface area contributed by atoms with Crippen LogP contribution in [0.2, 0.25) is 0 Å². The summed E-state index contributed by atoms with van der Waals surface area (Å²) in [7, 11) is 0. The molecule has 21 nitrogen and oxygen atoms in total. The lowest BCUT2D eigenvalue weighted by Gasteiger charge is -2.43. The fourth-order valence-electron chi connectivity index (χ4n) is 11.2. The summed E-state index contributed by atoms with van der Waals surface area (Å²) in [4.78, 5) is 113. The van der Waals surface area contributed by atoms with Crippen molar-refractivity contribution in [2.45, 2.75) is 106 Å². The van der Waals surface area contributed by atoms with Gasteiger partial charge in [-0.15, -0.1) is 0 Å². The molecule has 2 fully saturated rings. The van der Waals surface area contributed by atoms with Gasteiger partial charge in [0, 0.05) is 89.2 Å². The molecule has 4 aromatic rings. The number of benzene rings is 4. The Balaban J connectivity index is 1.00. The maximum absolute atomic E-state index is 14.9. The number of carbonyl (C=O) groups excluding carboxylic acids is 8. The van der Waals surface area contributed by atoms with Gasteiger partial charge in [-0.05, 0) is 47.2 Å². The van der Waals surface area contributed by atoms with Crippen LogP contribution in [0.5, 0.6) is 0 Å². The van der Waals surface area contributed by atoms with Crippen LogP contribution in [0.25, 0.3) is 0 Å². The number of aliphatic hydroxyl groups is 1. The summed E-state index contributed by atoms with van der Waals surface area (Å²) >= 11 is 0. The van der Waals surface area contributed by atoms with Crippen molar-refractivity contribution in [3.05, 3.63) is 131 Å². The third kappa shape index (κ3) is 12.4. The topological polar surface area (TPSA) is 312 Å². The lowest BCUT2D eigenvalue weighted by molar-refractivity contribution is -0.146. The van der Waals surface area contributed by atoms with Gasteiger partial charge in [0.2, 0.25) is 47.3 Å². The van der Waals surface area contributed by atoms with E-state index in [0.717, 1.165) is 33.6 Å². The standard InChI is InChI=1S/C55H68N12O9/c1-31(68)60-44(27-56)50(71)64-42(25-33-13-5-3-6-14-33)54(75)66-23-21-38-36-17-9-11-19-40(36)62-46(38)48(66)52(73)58-29-35(70)30-59-53(74)49-47-39(37-18-10-12-20-41(37)63-47)22-24-67(49)55(76)43(26-34-15-7-4-8-16-34)65-51(72)45(28-57)61-32(2)69/h3-20,35,38-39,42-49,62-63,70H,21-30,56-57H2,1-2H3,(H,58,73)(H,59,74)(H,60,68)(H,61,69)(H,64,71)(H,65,72)/t35?,38?,39?,42-,43-,44+,45+,46?,47?,48-,49+/m0/s1. The number of hydrogen-bond donors (Lipinski definition) is 11. The molecule has 4 aliphatic rings. The fraction of sp³-hybridized carbons (Fsp3) is 0.418. The van der Waals surface area contributed by atoms with E-state index in [9.17, 15) is 43.5 Å². The number of para-hydroxylation sites is 2. The Kier molecular flexibility index (Phi) is 17.6. The van der Waals surface area contributed by atoms with E-state index < -0.39 is 102 Å². The lowest BCUT2D eigenvalue weighted by atomic mass is 9.82. The molecule has 8 rings (SSSR count). The second kappa shape index (κ2) is 24.6. The van der Waals surface area contributed by atoms with Crippen LogP contribution in [-0.4, -0.2) is 156 Å². The smallest absolute Gasteiger partial charge is 0.246 e. The average Bonchev–Trinajstić information content (AvgIpc) is 4.00. The number of piperidine rings is 2. The number of rotatable bonds is 20. The summed E-state index contributed by atoms with van der Waals surface area (Å²) in [6.45, 7) is 1.68. The van der Waals surface area contributed by atoms with E-state index in [1.54, 1.807) is 24.3 Å². The maximum Gasteiger partial charge on any atom is 0.246 e. The number of likely N-dealkylation sites (tertiary alicyclic amines) is 2. The van der Waals surface area contributed by atoms with E-state index in [2.05, 4.69) is 42.5 Å². The predicted octanol–water partition coefficient (Wildman–Crippen LogP) is -0.681. The molecule has 13 N–H and O–H groups in total. The van der Waals surface area contributed by atoms with E-state index in [-0.39, 0.29) is 63.9 Å². The summed E-state index contributed by atoms with van der Waals surface area (Å²) in [6, 6.07) is 25.5. The Morgan fingerprint density at radius 3 is 1.28 bits per heavy atom. The quantitative estimate of drug-likeness (QED) is 0.0524. The molecule has 2 saturated heterocycles. The number of aliphatic hydroxyl groups excluding tert-OH is 1. The molecule has 11 atom stereocenters. The summed E-state index contributed by atoms with van der Waals surface area (Å²) in [5.74, 6) is -4.86. The zero-order chi connectivity index (χ0) is 54.0. The van der Waals surface area contributed by atoms with Crippen molar-refractivity contribution in [3.63, 3.8) is 0 Å². The lowest BCUT2D eigenvalue weighted by Crippen LogP contribution is -2.66.